The van der Waals surface area contributed by atoms with Crippen LogP contribution < -0.4 is 9.62 Å². The lowest BCUT2D eigenvalue weighted by Gasteiger charge is -2.13. The third kappa shape index (κ3) is 4.75. The largest absolute Gasteiger partial charge is 0.443 e. The molecule has 0 saturated carbocycles. The number of carbonyl (C=O) groups is 1. The summed E-state index contributed by atoms with van der Waals surface area (Å²) < 4.78 is 32.2. The Labute approximate surface area is 157 Å². The van der Waals surface area contributed by atoms with Crippen molar-refractivity contribution in [1.29, 1.82) is 0 Å². The molecule has 138 valence electrons. The highest BCUT2D eigenvalue weighted by molar-refractivity contribution is 7.88. The predicted octanol–water partition coefficient (Wildman–Crippen LogP) is 3.09. The molecule has 1 saturated heterocycles. The fourth-order valence-electron chi connectivity index (χ4n) is 2.66. The summed E-state index contributed by atoms with van der Waals surface area (Å²) in [7, 11) is -3.52. The van der Waals surface area contributed by atoms with Gasteiger partial charge in [0.2, 0.25) is 10.0 Å². The average Bonchev–Trinajstić information content (AvgIpc) is 2.96. The highest BCUT2D eigenvalue weighted by atomic mass is 35.5. The second kappa shape index (κ2) is 7.65. The van der Waals surface area contributed by atoms with Crippen molar-refractivity contribution in [3.8, 4) is 0 Å². The van der Waals surface area contributed by atoms with Crippen LogP contribution in [0.2, 0.25) is 5.02 Å². The summed E-state index contributed by atoms with van der Waals surface area (Å²) >= 11 is 5.94. The molecule has 1 atom stereocenters. The Morgan fingerprint density at radius 3 is 2.65 bits per heavy atom. The summed E-state index contributed by atoms with van der Waals surface area (Å²) in [6.45, 7) is 2.22. The molecule has 1 unspecified atom stereocenters. The molecule has 1 aliphatic heterocycles. The number of benzene rings is 2. The highest BCUT2D eigenvalue weighted by Gasteiger charge is 2.33. The van der Waals surface area contributed by atoms with Gasteiger partial charge >= 0.3 is 6.09 Å². The van der Waals surface area contributed by atoms with Gasteiger partial charge in [-0.3, -0.25) is 4.90 Å². The van der Waals surface area contributed by atoms with Gasteiger partial charge in [-0.05, 0) is 30.7 Å². The van der Waals surface area contributed by atoms with Gasteiger partial charge in [-0.25, -0.2) is 17.9 Å². The summed E-state index contributed by atoms with van der Waals surface area (Å²) in [4.78, 5) is 13.5. The Bertz CT molecular complexity index is 900. The third-order valence-corrected chi connectivity index (χ3v) is 5.56. The van der Waals surface area contributed by atoms with Crippen LogP contribution in [0.5, 0.6) is 0 Å². The Hall–Kier alpha value is -2.09. The van der Waals surface area contributed by atoms with Crippen molar-refractivity contribution in [3.05, 3.63) is 64.7 Å². The number of amides is 1. The number of carbonyl (C=O) groups excluding carboxylic acids is 1. The minimum Gasteiger partial charge on any atom is -0.443 e. The van der Waals surface area contributed by atoms with E-state index in [0.29, 0.717) is 16.3 Å². The molecule has 1 heterocycles. The maximum Gasteiger partial charge on any atom is 0.414 e. The molecule has 0 radical (unpaired) electrons. The fraction of sp³-hybridized carbons (Fsp3) is 0.278. The first-order chi connectivity index (χ1) is 12.3. The summed E-state index contributed by atoms with van der Waals surface area (Å²) in [6.07, 6.45) is -1.08. The maximum absolute atomic E-state index is 12.2. The van der Waals surface area contributed by atoms with Gasteiger partial charge in [0.1, 0.15) is 6.10 Å². The van der Waals surface area contributed by atoms with Gasteiger partial charge in [-0.2, -0.15) is 0 Å². The molecule has 1 N–H and O–H groups in total. The van der Waals surface area contributed by atoms with E-state index in [-0.39, 0.29) is 18.8 Å². The zero-order valence-electron chi connectivity index (χ0n) is 14.2. The van der Waals surface area contributed by atoms with Crippen molar-refractivity contribution in [2.75, 3.05) is 18.0 Å². The Balaban J connectivity index is 1.58. The van der Waals surface area contributed by atoms with Gasteiger partial charge < -0.3 is 4.74 Å². The highest BCUT2D eigenvalue weighted by Crippen LogP contribution is 2.24. The molecule has 1 fully saturated rings. The van der Waals surface area contributed by atoms with Crippen LogP contribution in [0.25, 0.3) is 0 Å². The molecule has 26 heavy (non-hydrogen) atoms. The van der Waals surface area contributed by atoms with E-state index in [9.17, 15) is 13.2 Å². The Kier molecular flexibility index (Phi) is 5.50. The average molecular weight is 395 g/mol. The normalized spacial score (nSPS) is 17.4. The molecule has 0 bridgehead atoms. The van der Waals surface area contributed by atoms with Crippen LogP contribution in [0.3, 0.4) is 0 Å². The van der Waals surface area contributed by atoms with Gasteiger partial charge in [-0.1, -0.05) is 47.5 Å². The number of nitrogens with zero attached hydrogens (tertiary/aromatic N) is 1. The number of hydrogen-bond donors (Lipinski definition) is 1. The number of hydrogen-bond acceptors (Lipinski definition) is 4. The van der Waals surface area contributed by atoms with Crippen LogP contribution in [0.15, 0.2) is 48.5 Å². The molecule has 2 aromatic rings. The molecular weight excluding hydrogens is 376 g/mol. The molecule has 1 aliphatic rings. The first kappa shape index (κ1) is 18.7. The molecule has 3 rings (SSSR count). The van der Waals surface area contributed by atoms with Gasteiger partial charge in [0.05, 0.1) is 12.3 Å². The maximum atomic E-state index is 12.2. The first-order valence-electron chi connectivity index (χ1n) is 8.09. The smallest absolute Gasteiger partial charge is 0.414 e. The number of rotatable bonds is 6. The van der Waals surface area contributed by atoms with Gasteiger partial charge in [-0.15, -0.1) is 0 Å². The van der Waals surface area contributed by atoms with Crippen LogP contribution in [-0.4, -0.2) is 33.7 Å². The topological polar surface area (TPSA) is 75.7 Å². The second-order valence-corrected chi connectivity index (χ2v) is 8.43. The van der Waals surface area contributed by atoms with Crippen molar-refractivity contribution < 1.29 is 17.9 Å². The lowest BCUT2D eigenvalue weighted by Crippen LogP contribution is -2.35. The number of ether oxygens (including phenoxy) is 1. The van der Waals surface area contributed by atoms with Crippen molar-refractivity contribution in [1.82, 2.24) is 4.72 Å². The van der Waals surface area contributed by atoms with Gasteiger partial charge in [0, 0.05) is 17.3 Å². The standard InChI is InChI=1S/C18H19ClN2O4S/c1-13-5-7-14(8-6-13)12-26(23,24)20-10-17-11-21(18(22)25-17)16-4-2-3-15(19)9-16/h2-9,17,20H,10-12H2,1H3. The van der Waals surface area contributed by atoms with E-state index in [1.165, 1.54) is 4.90 Å². The lowest BCUT2D eigenvalue weighted by atomic mass is 10.2. The van der Waals surface area contributed by atoms with E-state index in [0.717, 1.165) is 5.56 Å². The number of cyclic esters (lactones) is 1. The Morgan fingerprint density at radius 1 is 1.23 bits per heavy atom. The Morgan fingerprint density at radius 2 is 1.96 bits per heavy atom. The summed E-state index contributed by atoms with van der Waals surface area (Å²) in [5, 5.41) is 0.512. The predicted molar refractivity (Wildman–Crippen MR) is 101 cm³/mol. The number of aryl methyl sites for hydroxylation is 1. The minimum absolute atomic E-state index is 0.0248. The quantitative estimate of drug-likeness (QED) is 0.816. The summed E-state index contributed by atoms with van der Waals surface area (Å²) in [5.74, 6) is -0.119. The molecule has 1 amide bonds. The van der Waals surface area contributed by atoms with E-state index < -0.39 is 22.2 Å². The van der Waals surface area contributed by atoms with Crippen molar-refractivity contribution in [3.63, 3.8) is 0 Å². The van der Waals surface area contributed by atoms with Crippen molar-refractivity contribution in [2.45, 2.75) is 18.8 Å². The zero-order chi connectivity index (χ0) is 18.7. The molecule has 6 nitrogen and oxygen atoms in total. The molecule has 0 aliphatic carbocycles. The van der Waals surface area contributed by atoms with E-state index >= 15 is 0 Å². The minimum atomic E-state index is -3.52. The zero-order valence-corrected chi connectivity index (χ0v) is 15.8. The summed E-state index contributed by atoms with van der Waals surface area (Å²) in [6, 6.07) is 14.2. The summed E-state index contributed by atoms with van der Waals surface area (Å²) in [5.41, 5.74) is 2.39. The first-order valence-corrected chi connectivity index (χ1v) is 10.1. The monoisotopic (exact) mass is 394 g/mol. The SMILES string of the molecule is Cc1ccc(CS(=O)(=O)NCC2CN(c3cccc(Cl)c3)C(=O)O2)cc1. The van der Waals surface area contributed by atoms with Crippen molar-refractivity contribution in [2.24, 2.45) is 0 Å². The number of sulfonamides is 1. The molecule has 0 spiro atoms. The number of nitrogens with one attached hydrogen (secondary N) is 1. The molecular formula is C18H19ClN2O4S. The van der Waals surface area contributed by atoms with Crippen LogP contribution in [0.4, 0.5) is 10.5 Å². The van der Waals surface area contributed by atoms with Crippen LogP contribution in [0.1, 0.15) is 11.1 Å². The van der Waals surface area contributed by atoms with Gasteiger partial charge in [0.25, 0.3) is 0 Å². The van der Waals surface area contributed by atoms with Crippen molar-refractivity contribution >= 4 is 33.4 Å². The van der Waals surface area contributed by atoms with E-state index in [4.69, 9.17) is 16.3 Å². The van der Waals surface area contributed by atoms with E-state index in [1.807, 2.05) is 19.1 Å². The fourth-order valence-corrected chi connectivity index (χ4v) is 4.02. The number of anilines is 1. The molecule has 8 heteroatoms. The van der Waals surface area contributed by atoms with Crippen LogP contribution >= 0.6 is 11.6 Å². The third-order valence-electron chi connectivity index (χ3n) is 4.00. The van der Waals surface area contributed by atoms with E-state index in [1.54, 1.807) is 36.4 Å². The lowest BCUT2D eigenvalue weighted by molar-refractivity contribution is 0.143. The van der Waals surface area contributed by atoms with E-state index in [2.05, 4.69) is 4.72 Å². The van der Waals surface area contributed by atoms with Gasteiger partial charge in [0.15, 0.2) is 0 Å². The molecule has 0 aromatic heterocycles. The van der Waals surface area contributed by atoms with Crippen LogP contribution in [0, 0.1) is 6.92 Å². The second-order valence-electron chi connectivity index (χ2n) is 6.19. The number of halogens is 1. The van der Waals surface area contributed by atoms with Crippen LogP contribution in [-0.2, 0) is 20.5 Å². The molecule has 2 aromatic carbocycles.